The molecular formula is C18H13N3O3. The summed E-state index contributed by atoms with van der Waals surface area (Å²) in [4.78, 5) is 4.33. The molecule has 0 amide bonds. The van der Waals surface area contributed by atoms with Crippen LogP contribution in [0.25, 0.3) is 10.9 Å². The van der Waals surface area contributed by atoms with Crippen molar-refractivity contribution in [2.45, 2.75) is 13.2 Å². The van der Waals surface area contributed by atoms with Crippen molar-refractivity contribution in [3.05, 3.63) is 48.2 Å². The van der Waals surface area contributed by atoms with Crippen LogP contribution in [0, 0.1) is 11.3 Å². The molecule has 1 aliphatic rings. The maximum Gasteiger partial charge on any atom is 0.238 e. The summed E-state index contributed by atoms with van der Waals surface area (Å²) in [6, 6.07) is 12.4. The number of nitrogens with zero attached hydrogens (tertiary/aromatic N) is 2. The van der Waals surface area contributed by atoms with Gasteiger partial charge in [0.05, 0.1) is 16.8 Å². The predicted octanol–water partition coefficient (Wildman–Crippen LogP) is 3.67. The van der Waals surface area contributed by atoms with Crippen molar-refractivity contribution in [2.75, 3.05) is 5.32 Å². The van der Waals surface area contributed by atoms with Crippen LogP contribution in [0.4, 0.5) is 11.4 Å². The molecule has 6 nitrogen and oxygen atoms in total. The second-order valence-corrected chi connectivity index (χ2v) is 5.45. The van der Waals surface area contributed by atoms with Gasteiger partial charge in [-0.1, -0.05) is 0 Å². The van der Waals surface area contributed by atoms with Crippen molar-refractivity contribution < 1.29 is 14.6 Å². The summed E-state index contributed by atoms with van der Waals surface area (Å²) >= 11 is 0. The van der Waals surface area contributed by atoms with E-state index in [0.29, 0.717) is 28.3 Å². The number of fused-ring (bicyclic) bond motifs is 2. The van der Waals surface area contributed by atoms with Gasteiger partial charge in [-0.05, 0) is 30.3 Å². The first-order chi connectivity index (χ1) is 11.6. The van der Waals surface area contributed by atoms with Crippen LogP contribution in [0.2, 0.25) is 0 Å². The number of aromatic hydroxyl groups is 1. The number of benzene rings is 2. The van der Waals surface area contributed by atoms with Gasteiger partial charge in [0.15, 0.2) is 11.5 Å². The topological polar surface area (TPSA) is 87.4 Å². The molecule has 0 spiro atoms. The van der Waals surface area contributed by atoms with Gasteiger partial charge in [0.2, 0.25) is 6.29 Å². The van der Waals surface area contributed by atoms with E-state index in [1.54, 1.807) is 30.3 Å². The zero-order valence-electron chi connectivity index (χ0n) is 12.8. The van der Waals surface area contributed by atoms with Crippen molar-refractivity contribution in [2.24, 2.45) is 0 Å². The number of phenolic OH excluding ortho intramolecular Hbond substituents is 1. The second-order valence-electron chi connectivity index (χ2n) is 5.45. The quantitative estimate of drug-likeness (QED) is 0.701. The molecule has 3 aromatic rings. The highest BCUT2D eigenvalue weighted by atomic mass is 16.7. The molecule has 118 valence electrons. The number of aromatic nitrogens is 1. The number of nitriles is 1. The lowest BCUT2D eigenvalue weighted by Crippen LogP contribution is -2.11. The minimum absolute atomic E-state index is 0.179. The van der Waals surface area contributed by atoms with Gasteiger partial charge in [-0.3, -0.25) is 4.98 Å². The smallest absolute Gasteiger partial charge is 0.238 e. The Morgan fingerprint density at radius 3 is 2.58 bits per heavy atom. The average Bonchev–Trinajstić information content (AvgIpc) is 2.94. The van der Waals surface area contributed by atoms with Gasteiger partial charge < -0.3 is 19.9 Å². The third kappa shape index (κ3) is 2.32. The molecular weight excluding hydrogens is 306 g/mol. The Balaban J connectivity index is 1.87. The number of ether oxygens (including phenoxy) is 2. The molecule has 2 aromatic carbocycles. The van der Waals surface area contributed by atoms with Gasteiger partial charge in [-0.2, -0.15) is 5.26 Å². The van der Waals surface area contributed by atoms with Crippen molar-refractivity contribution in [3.8, 4) is 23.3 Å². The number of anilines is 2. The first-order valence-corrected chi connectivity index (χ1v) is 7.40. The lowest BCUT2D eigenvalue weighted by atomic mass is 10.1. The summed E-state index contributed by atoms with van der Waals surface area (Å²) in [5.74, 6) is 1.45. The Kier molecular flexibility index (Phi) is 3.14. The lowest BCUT2D eigenvalue weighted by Gasteiger charge is -2.12. The van der Waals surface area contributed by atoms with Gasteiger partial charge in [-0.25, -0.2) is 0 Å². The normalized spacial score (nSPS) is 15.2. The van der Waals surface area contributed by atoms with E-state index in [-0.39, 0.29) is 12.0 Å². The number of hydrogen-bond acceptors (Lipinski definition) is 6. The third-order valence-corrected chi connectivity index (χ3v) is 3.78. The Bertz CT molecular complexity index is 977. The summed E-state index contributed by atoms with van der Waals surface area (Å²) in [5, 5.41) is 22.8. The van der Waals surface area contributed by atoms with Crippen LogP contribution >= 0.6 is 0 Å². The number of nitrogens with one attached hydrogen (secondary N) is 1. The summed E-state index contributed by atoms with van der Waals surface area (Å²) < 4.78 is 11.2. The molecule has 0 bridgehead atoms. The molecule has 1 unspecified atom stereocenters. The number of phenols is 1. The van der Waals surface area contributed by atoms with Gasteiger partial charge in [0.25, 0.3) is 0 Å². The van der Waals surface area contributed by atoms with E-state index in [1.165, 1.54) is 6.20 Å². The van der Waals surface area contributed by atoms with Crippen LogP contribution < -0.4 is 14.8 Å². The van der Waals surface area contributed by atoms with Crippen LogP contribution in [-0.4, -0.2) is 16.4 Å². The van der Waals surface area contributed by atoms with Crippen LogP contribution in [-0.2, 0) is 0 Å². The minimum atomic E-state index is -0.347. The lowest BCUT2D eigenvalue weighted by molar-refractivity contribution is 0.0679. The van der Waals surface area contributed by atoms with Crippen LogP contribution in [0.5, 0.6) is 17.2 Å². The fraction of sp³-hybridized carbons (Fsp3) is 0.111. The first-order valence-electron chi connectivity index (χ1n) is 7.40. The Hall–Kier alpha value is -3.46. The Morgan fingerprint density at radius 2 is 1.88 bits per heavy atom. The summed E-state index contributed by atoms with van der Waals surface area (Å²) in [6.07, 6.45) is 1.18. The Labute approximate surface area is 137 Å². The fourth-order valence-corrected chi connectivity index (χ4v) is 2.67. The van der Waals surface area contributed by atoms with Crippen molar-refractivity contribution in [1.82, 2.24) is 4.98 Å². The number of pyridine rings is 1. The van der Waals surface area contributed by atoms with Crippen molar-refractivity contribution in [3.63, 3.8) is 0 Å². The third-order valence-electron chi connectivity index (χ3n) is 3.78. The molecule has 0 aliphatic carbocycles. The maximum absolute atomic E-state index is 9.41. The zero-order chi connectivity index (χ0) is 16.7. The van der Waals surface area contributed by atoms with Crippen molar-refractivity contribution in [1.29, 1.82) is 5.26 Å². The summed E-state index contributed by atoms with van der Waals surface area (Å²) in [7, 11) is 0. The van der Waals surface area contributed by atoms with E-state index >= 15 is 0 Å². The molecule has 1 atom stereocenters. The van der Waals surface area contributed by atoms with E-state index in [9.17, 15) is 10.4 Å². The van der Waals surface area contributed by atoms with Crippen LogP contribution in [0.15, 0.2) is 42.6 Å². The predicted molar refractivity (Wildman–Crippen MR) is 88.6 cm³/mol. The SMILES string of the molecule is CC1Oc2cc3ncc(C#N)c(Nc4ccc(O)cc4)c3cc2O1. The molecule has 0 fully saturated rings. The number of rotatable bonds is 2. The average molecular weight is 319 g/mol. The molecule has 6 heteroatoms. The summed E-state index contributed by atoms with van der Waals surface area (Å²) in [5.41, 5.74) is 2.51. The Morgan fingerprint density at radius 1 is 1.17 bits per heavy atom. The maximum atomic E-state index is 9.41. The summed E-state index contributed by atoms with van der Waals surface area (Å²) in [6.45, 7) is 1.81. The molecule has 4 rings (SSSR count). The van der Waals surface area contributed by atoms with Gasteiger partial charge in [0.1, 0.15) is 11.8 Å². The minimum Gasteiger partial charge on any atom is -0.508 e. The highest BCUT2D eigenvalue weighted by molar-refractivity contribution is 5.97. The van der Waals surface area contributed by atoms with Gasteiger partial charge in [0, 0.05) is 30.3 Å². The van der Waals surface area contributed by atoms with E-state index < -0.39 is 0 Å². The van der Waals surface area contributed by atoms with E-state index in [1.807, 2.05) is 13.0 Å². The standard InChI is InChI=1S/C18H13N3O3/c1-10-23-16-6-14-15(7-17(16)24-10)20-9-11(8-19)18(14)21-12-2-4-13(22)5-3-12/h2-7,9-10,22H,1H3,(H,20,21). The first kappa shape index (κ1) is 14.2. The molecule has 24 heavy (non-hydrogen) atoms. The van der Waals surface area contributed by atoms with Crippen molar-refractivity contribution >= 4 is 22.3 Å². The highest BCUT2D eigenvalue weighted by Crippen LogP contribution is 2.40. The molecule has 2 N–H and O–H groups in total. The largest absolute Gasteiger partial charge is 0.508 e. The molecule has 1 aromatic heterocycles. The molecule has 0 saturated heterocycles. The monoisotopic (exact) mass is 319 g/mol. The van der Waals surface area contributed by atoms with E-state index in [4.69, 9.17) is 9.47 Å². The van der Waals surface area contributed by atoms with E-state index in [0.717, 1.165) is 11.1 Å². The highest BCUT2D eigenvalue weighted by Gasteiger charge is 2.22. The molecule has 0 radical (unpaired) electrons. The van der Waals surface area contributed by atoms with Crippen LogP contribution in [0.3, 0.4) is 0 Å². The van der Waals surface area contributed by atoms with Gasteiger partial charge >= 0.3 is 0 Å². The van der Waals surface area contributed by atoms with Gasteiger partial charge in [-0.15, -0.1) is 0 Å². The zero-order valence-corrected chi connectivity index (χ0v) is 12.8. The van der Waals surface area contributed by atoms with Crippen LogP contribution in [0.1, 0.15) is 12.5 Å². The molecule has 1 aliphatic heterocycles. The van der Waals surface area contributed by atoms with E-state index in [2.05, 4.69) is 16.4 Å². The second kappa shape index (κ2) is 5.32. The fourth-order valence-electron chi connectivity index (χ4n) is 2.67. The number of hydrogen-bond donors (Lipinski definition) is 2. The molecule has 0 saturated carbocycles. The molecule has 2 heterocycles.